The molecule has 0 fully saturated rings. The molecule has 0 heterocycles. The van der Waals surface area contributed by atoms with Gasteiger partial charge in [-0.1, -0.05) is 56.5 Å². The Morgan fingerprint density at radius 3 is 2.38 bits per heavy atom. The van der Waals surface area contributed by atoms with Crippen LogP contribution in [0.1, 0.15) is 50.6 Å². The molecule has 0 aliphatic heterocycles. The standard InChI is InChI=1S/C14H23NO/c1-3-4-5-9-12-14(15(2)16)13-10-7-6-8-11-13/h6-8,10-11,14-15H,3-5,9,12H2,1-2H3. The van der Waals surface area contributed by atoms with Gasteiger partial charge in [-0.05, 0) is 6.42 Å². The first-order chi connectivity index (χ1) is 7.75. The van der Waals surface area contributed by atoms with Gasteiger partial charge in [0.25, 0.3) is 0 Å². The minimum Gasteiger partial charge on any atom is -0.634 e. The monoisotopic (exact) mass is 221 g/mol. The highest BCUT2D eigenvalue weighted by molar-refractivity contribution is 5.17. The predicted octanol–water partition coefficient (Wildman–Crippen LogP) is 2.71. The third-order valence-corrected chi connectivity index (χ3v) is 3.04. The summed E-state index contributed by atoms with van der Waals surface area (Å²) < 4.78 is 0. The minimum absolute atomic E-state index is 0.109. The molecule has 1 N–H and O–H groups in total. The van der Waals surface area contributed by atoms with Crippen LogP contribution in [0.2, 0.25) is 0 Å². The van der Waals surface area contributed by atoms with Crippen molar-refractivity contribution in [3.05, 3.63) is 41.1 Å². The van der Waals surface area contributed by atoms with Gasteiger partial charge in [0.15, 0.2) is 0 Å². The third-order valence-electron chi connectivity index (χ3n) is 3.04. The van der Waals surface area contributed by atoms with Gasteiger partial charge in [-0.3, -0.25) is 0 Å². The quantitative estimate of drug-likeness (QED) is 0.556. The summed E-state index contributed by atoms with van der Waals surface area (Å²) in [4.78, 5) is 0. The minimum atomic E-state index is 0.109. The topological polar surface area (TPSA) is 27.5 Å². The highest BCUT2D eigenvalue weighted by atomic mass is 16.5. The Morgan fingerprint density at radius 2 is 1.81 bits per heavy atom. The van der Waals surface area contributed by atoms with E-state index in [4.69, 9.17) is 0 Å². The van der Waals surface area contributed by atoms with Crippen LogP contribution in [0.4, 0.5) is 0 Å². The number of hydrogen-bond acceptors (Lipinski definition) is 1. The van der Waals surface area contributed by atoms with E-state index in [9.17, 15) is 5.21 Å². The van der Waals surface area contributed by atoms with E-state index in [-0.39, 0.29) is 6.04 Å². The Labute approximate surface area is 98.9 Å². The fraction of sp³-hybridized carbons (Fsp3) is 0.571. The van der Waals surface area contributed by atoms with E-state index >= 15 is 0 Å². The molecular weight excluding hydrogens is 198 g/mol. The van der Waals surface area contributed by atoms with Crippen molar-refractivity contribution < 1.29 is 5.06 Å². The Hall–Kier alpha value is -0.860. The summed E-state index contributed by atoms with van der Waals surface area (Å²) in [6.45, 7) is 2.21. The van der Waals surface area contributed by atoms with E-state index in [0.717, 1.165) is 12.8 Å². The predicted molar refractivity (Wildman–Crippen MR) is 68.2 cm³/mol. The van der Waals surface area contributed by atoms with Gasteiger partial charge in [0.1, 0.15) is 6.04 Å². The lowest BCUT2D eigenvalue weighted by molar-refractivity contribution is -0.861. The lowest BCUT2D eigenvalue weighted by atomic mass is 10.00. The van der Waals surface area contributed by atoms with Crippen LogP contribution in [-0.2, 0) is 0 Å². The molecule has 1 rings (SSSR count). The van der Waals surface area contributed by atoms with Crippen LogP contribution in [0.5, 0.6) is 0 Å². The molecule has 0 spiro atoms. The number of hydrogen-bond donors (Lipinski definition) is 1. The van der Waals surface area contributed by atoms with Gasteiger partial charge in [0.2, 0.25) is 0 Å². The molecule has 0 radical (unpaired) electrons. The molecule has 0 amide bonds. The van der Waals surface area contributed by atoms with Gasteiger partial charge in [0.05, 0.1) is 7.05 Å². The van der Waals surface area contributed by atoms with Crippen LogP contribution in [0.25, 0.3) is 0 Å². The van der Waals surface area contributed by atoms with Crippen LogP contribution in [0.3, 0.4) is 0 Å². The van der Waals surface area contributed by atoms with Gasteiger partial charge < -0.3 is 10.3 Å². The molecule has 90 valence electrons. The van der Waals surface area contributed by atoms with Crippen LogP contribution in [0, 0.1) is 5.21 Å². The number of nitrogens with one attached hydrogen (secondary N) is 1. The zero-order valence-corrected chi connectivity index (χ0v) is 10.4. The van der Waals surface area contributed by atoms with Gasteiger partial charge in [-0.25, -0.2) is 0 Å². The molecule has 0 bridgehead atoms. The lowest BCUT2D eigenvalue weighted by Crippen LogP contribution is -3.04. The van der Waals surface area contributed by atoms with E-state index in [1.54, 1.807) is 7.05 Å². The number of unbranched alkanes of at least 4 members (excludes halogenated alkanes) is 3. The fourth-order valence-electron chi connectivity index (χ4n) is 2.07. The average Bonchev–Trinajstić information content (AvgIpc) is 2.30. The van der Waals surface area contributed by atoms with Crippen LogP contribution < -0.4 is 5.06 Å². The molecule has 16 heavy (non-hydrogen) atoms. The van der Waals surface area contributed by atoms with Crippen molar-refractivity contribution in [1.82, 2.24) is 0 Å². The second-order valence-electron chi connectivity index (χ2n) is 4.42. The zero-order valence-electron chi connectivity index (χ0n) is 10.4. The third kappa shape index (κ3) is 4.33. The Morgan fingerprint density at radius 1 is 1.12 bits per heavy atom. The summed E-state index contributed by atoms with van der Waals surface area (Å²) in [5, 5.41) is 11.9. The second-order valence-corrected chi connectivity index (χ2v) is 4.42. The highest BCUT2D eigenvalue weighted by Gasteiger charge is 2.14. The normalized spacial score (nSPS) is 14.7. The van der Waals surface area contributed by atoms with Crippen molar-refractivity contribution in [1.29, 1.82) is 0 Å². The Kier molecular flexibility index (Phi) is 6.12. The summed E-state index contributed by atoms with van der Waals surface area (Å²) in [6.07, 6.45) is 5.93. The molecule has 2 nitrogen and oxygen atoms in total. The molecule has 0 aliphatic rings. The van der Waals surface area contributed by atoms with Crippen molar-refractivity contribution in [3.8, 4) is 0 Å². The first-order valence-corrected chi connectivity index (χ1v) is 6.31. The molecule has 0 aromatic heterocycles. The summed E-state index contributed by atoms with van der Waals surface area (Å²) >= 11 is 0. The number of rotatable bonds is 7. The maximum Gasteiger partial charge on any atom is 0.113 e. The summed E-state index contributed by atoms with van der Waals surface area (Å²) in [7, 11) is 1.71. The summed E-state index contributed by atoms with van der Waals surface area (Å²) in [5.41, 5.74) is 1.17. The Balaban J connectivity index is 2.49. The fourth-order valence-corrected chi connectivity index (χ4v) is 2.07. The van der Waals surface area contributed by atoms with Crippen molar-refractivity contribution >= 4 is 0 Å². The first-order valence-electron chi connectivity index (χ1n) is 6.31. The number of hydroxylamine groups is 2. The second kappa shape index (κ2) is 7.42. The Bertz CT molecular complexity index is 271. The number of quaternary nitrogens is 1. The summed E-state index contributed by atoms with van der Waals surface area (Å²) in [6, 6.07) is 10.3. The van der Waals surface area contributed by atoms with Crippen molar-refractivity contribution in [3.63, 3.8) is 0 Å². The molecular formula is C14H23NO. The molecule has 1 aromatic rings. The van der Waals surface area contributed by atoms with E-state index < -0.39 is 0 Å². The van der Waals surface area contributed by atoms with Gasteiger partial charge >= 0.3 is 0 Å². The largest absolute Gasteiger partial charge is 0.634 e. The van der Waals surface area contributed by atoms with Gasteiger partial charge in [-0.15, -0.1) is 0 Å². The van der Waals surface area contributed by atoms with Gasteiger partial charge in [0, 0.05) is 12.0 Å². The van der Waals surface area contributed by atoms with Crippen LogP contribution in [-0.4, -0.2) is 7.05 Å². The smallest absolute Gasteiger partial charge is 0.113 e. The van der Waals surface area contributed by atoms with E-state index in [1.165, 1.54) is 24.8 Å². The molecule has 0 saturated carbocycles. The number of benzene rings is 1. The lowest BCUT2D eigenvalue weighted by Gasteiger charge is -2.28. The van der Waals surface area contributed by atoms with Crippen molar-refractivity contribution in [2.24, 2.45) is 0 Å². The molecule has 0 saturated heterocycles. The maximum atomic E-state index is 11.6. The molecule has 2 heteroatoms. The highest BCUT2D eigenvalue weighted by Crippen LogP contribution is 2.16. The maximum absolute atomic E-state index is 11.6. The average molecular weight is 221 g/mol. The first kappa shape index (κ1) is 13.2. The van der Waals surface area contributed by atoms with Crippen LogP contribution in [0.15, 0.2) is 30.3 Å². The van der Waals surface area contributed by atoms with E-state index in [2.05, 4.69) is 19.1 Å². The summed E-state index contributed by atoms with van der Waals surface area (Å²) in [5.74, 6) is 0. The zero-order chi connectivity index (χ0) is 11.8. The molecule has 0 aliphatic carbocycles. The van der Waals surface area contributed by atoms with E-state index in [0.29, 0.717) is 5.06 Å². The van der Waals surface area contributed by atoms with E-state index in [1.807, 2.05) is 18.2 Å². The van der Waals surface area contributed by atoms with Crippen molar-refractivity contribution in [2.75, 3.05) is 7.05 Å². The molecule has 2 atom stereocenters. The van der Waals surface area contributed by atoms with Gasteiger partial charge in [-0.2, -0.15) is 0 Å². The van der Waals surface area contributed by atoms with Crippen molar-refractivity contribution in [2.45, 2.75) is 45.1 Å². The molecule has 1 aromatic carbocycles. The molecule has 2 unspecified atom stereocenters. The SMILES string of the molecule is CCCCCCC(c1ccccc1)[NH+](C)[O-]. The van der Waals surface area contributed by atoms with Crippen LogP contribution >= 0.6 is 0 Å².